The molecule has 1 N–H and O–H groups in total. The third kappa shape index (κ3) is 3.48. The van der Waals surface area contributed by atoms with Crippen molar-refractivity contribution in [2.45, 2.75) is 0 Å². The molecular formula is C13H7Cl2FN2O3. The van der Waals surface area contributed by atoms with Gasteiger partial charge in [-0.15, -0.1) is 0 Å². The van der Waals surface area contributed by atoms with Gasteiger partial charge in [-0.05, 0) is 30.3 Å². The van der Waals surface area contributed by atoms with Crippen molar-refractivity contribution in [1.82, 2.24) is 0 Å². The molecule has 108 valence electrons. The minimum Gasteiger partial charge on any atom is -0.322 e. The molecule has 0 saturated carbocycles. The Balaban J connectivity index is 2.34. The summed E-state index contributed by atoms with van der Waals surface area (Å²) in [7, 11) is 0. The molecule has 0 aromatic heterocycles. The SMILES string of the molecule is O=C(Nc1ccc(Cl)c(F)c1)c1cc(Cl)ccc1[N+](=O)[O-]. The molecule has 0 saturated heterocycles. The summed E-state index contributed by atoms with van der Waals surface area (Å²) in [5.41, 5.74) is -0.495. The summed E-state index contributed by atoms with van der Waals surface area (Å²) < 4.78 is 13.3. The molecular weight excluding hydrogens is 322 g/mol. The molecule has 0 aliphatic rings. The zero-order valence-electron chi connectivity index (χ0n) is 10.3. The average molecular weight is 329 g/mol. The normalized spacial score (nSPS) is 10.2. The van der Waals surface area contributed by atoms with E-state index in [0.717, 1.165) is 12.1 Å². The molecule has 0 atom stereocenters. The van der Waals surface area contributed by atoms with Crippen molar-refractivity contribution >= 4 is 40.5 Å². The number of rotatable bonds is 3. The largest absolute Gasteiger partial charge is 0.322 e. The second-order valence-electron chi connectivity index (χ2n) is 4.00. The van der Waals surface area contributed by atoms with Crippen LogP contribution in [0.25, 0.3) is 0 Å². The van der Waals surface area contributed by atoms with Crippen LogP contribution in [-0.4, -0.2) is 10.8 Å². The van der Waals surface area contributed by atoms with Gasteiger partial charge in [-0.25, -0.2) is 4.39 Å². The van der Waals surface area contributed by atoms with E-state index in [0.29, 0.717) is 0 Å². The lowest BCUT2D eigenvalue weighted by molar-refractivity contribution is -0.385. The fourth-order valence-electron chi connectivity index (χ4n) is 1.62. The molecule has 0 spiro atoms. The second-order valence-corrected chi connectivity index (χ2v) is 4.85. The van der Waals surface area contributed by atoms with E-state index in [-0.39, 0.29) is 21.3 Å². The summed E-state index contributed by atoms with van der Waals surface area (Å²) in [6.45, 7) is 0. The van der Waals surface area contributed by atoms with Crippen molar-refractivity contribution in [3.8, 4) is 0 Å². The lowest BCUT2D eigenvalue weighted by Gasteiger charge is -2.07. The highest BCUT2D eigenvalue weighted by atomic mass is 35.5. The number of nitro groups is 1. The fraction of sp³-hybridized carbons (Fsp3) is 0. The van der Waals surface area contributed by atoms with Gasteiger partial charge in [0.1, 0.15) is 11.4 Å². The molecule has 1 amide bonds. The number of halogens is 3. The quantitative estimate of drug-likeness (QED) is 0.674. The van der Waals surface area contributed by atoms with Crippen molar-refractivity contribution in [1.29, 1.82) is 0 Å². The molecule has 5 nitrogen and oxygen atoms in total. The zero-order valence-corrected chi connectivity index (χ0v) is 11.8. The second kappa shape index (κ2) is 6.07. The molecule has 2 rings (SSSR count). The standard InChI is InChI=1S/C13H7Cl2FN2O3/c14-7-1-4-12(18(20)21)9(5-7)13(19)17-8-2-3-10(15)11(16)6-8/h1-6H,(H,17,19). The number of carbonyl (C=O) groups is 1. The van der Waals surface area contributed by atoms with Crippen molar-refractivity contribution in [3.63, 3.8) is 0 Å². The number of carbonyl (C=O) groups excluding carboxylic acids is 1. The number of nitrogens with zero attached hydrogens (tertiary/aromatic N) is 1. The van der Waals surface area contributed by atoms with E-state index in [1.807, 2.05) is 0 Å². The third-order valence-electron chi connectivity index (χ3n) is 2.58. The Kier molecular flexibility index (Phi) is 4.40. The maximum Gasteiger partial charge on any atom is 0.282 e. The molecule has 0 heterocycles. The number of hydrogen-bond acceptors (Lipinski definition) is 3. The van der Waals surface area contributed by atoms with Crippen LogP contribution in [-0.2, 0) is 0 Å². The minimum absolute atomic E-state index is 0.0956. The Labute approximate surface area is 128 Å². The Morgan fingerprint density at radius 2 is 1.90 bits per heavy atom. The first-order chi connectivity index (χ1) is 9.88. The van der Waals surface area contributed by atoms with Crippen molar-refractivity contribution in [2.75, 3.05) is 5.32 Å². The molecule has 0 aliphatic carbocycles. The molecule has 2 aromatic rings. The zero-order chi connectivity index (χ0) is 15.6. The molecule has 8 heteroatoms. The van der Waals surface area contributed by atoms with E-state index in [4.69, 9.17) is 23.2 Å². The average Bonchev–Trinajstić information content (AvgIpc) is 2.42. The lowest BCUT2D eigenvalue weighted by Crippen LogP contribution is -2.14. The molecule has 0 bridgehead atoms. The van der Waals surface area contributed by atoms with Gasteiger partial charge in [-0.3, -0.25) is 14.9 Å². The monoisotopic (exact) mass is 328 g/mol. The molecule has 2 aromatic carbocycles. The molecule has 0 radical (unpaired) electrons. The molecule has 0 unspecified atom stereocenters. The van der Waals surface area contributed by atoms with Gasteiger partial charge in [0, 0.05) is 16.8 Å². The van der Waals surface area contributed by atoms with Gasteiger partial charge in [-0.1, -0.05) is 23.2 Å². The van der Waals surface area contributed by atoms with Crippen LogP contribution in [0.5, 0.6) is 0 Å². The van der Waals surface area contributed by atoms with Crippen LogP contribution in [0.4, 0.5) is 15.8 Å². The van der Waals surface area contributed by atoms with Crippen molar-refractivity contribution in [2.24, 2.45) is 0 Å². The van der Waals surface area contributed by atoms with Gasteiger partial charge in [0.25, 0.3) is 11.6 Å². The highest BCUT2D eigenvalue weighted by Gasteiger charge is 2.20. The highest BCUT2D eigenvalue weighted by molar-refractivity contribution is 6.31. The van der Waals surface area contributed by atoms with Gasteiger partial charge < -0.3 is 5.32 Å². The highest BCUT2D eigenvalue weighted by Crippen LogP contribution is 2.25. The summed E-state index contributed by atoms with van der Waals surface area (Å²) in [5.74, 6) is -1.49. The molecule has 21 heavy (non-hydrogen) atoms. The van der Waals surface area contributed by atoms with E-state index in [1.165, 1.54) is 24.3 Å². The Morgan fingerprint density at radius 1 is 1.19 bits per heavy atom. The topological polar surface area (TPSA) is 72.2 Å². The van der Waals surface area contributed by atoms with Gasteiger partial charge >= 0.3 is 0 Å². The Bertz CT molecular complexity index is 737. The number of hydrogen-bond donors (Lipinski definition) is 1. The summed E-state index contributed by atoms with van der Waals surface area (Å²) in [6, 6.07) is 7.24. The van der Waals surface area contributed by atoms with Crippen LogP contribution in [0.3, 0.4) is 0 Å². The van der Waals surface area contributed by atoms with Crippen LogP contribution in [0, 0.1) is 15.9 Å². The maximum absolute atomic E-state index is 13.3. The van der Waals surface area contributed by atoms with E-state index in [1.54, 1.807) is 0 Å². The predicted molar refractivity (Wildman–Crippen MR) is 77.5 cm³/mol. The van der Waals surface area contributed by atoms with Crippen LogP contribution < -0.4 is 5.32 Å². The van der Waals surface area contributed by atoms with Crippen LogP contribution in [0.2, 0.25) is 10.0 Å². The number of nitro benzene ring substituents is 1. The predicted octanol–water partition coefficient (Wildman–Crippen LogP) is 4.29. The number of benzene rings is 2. The first-order valence-corrected chi connectivity index (χ1v) is 6.34. The molecule has 0 fully saturated rings. The summed E-state index contributed by atoms with van der Waals surface area (Å²) in [6.07, 6.45) is 0. The fourth-order valence-corrected chi connectivity index (χ4v) is 1.91. The van der Waals surface area contributed by atoms with Gasteiger partial charge in [0.2, 0.25) is 0 Å². The van der Waals surface area contributed by atoms with Gasteiger partial charge in [-0.2, -0.15) is 0 Å². The Hall–Kier alpha value is -2.18. The van der Waals surface area contributed by atoms with E-state index in [9.17, 15) is 19.3 Å². The lowest BCUT2D eigenvalue weighted by atomic mass is 10.1. The summed E-state index contributed by atoms with van der Waals surface area (Å²) >= 11 is 11.3. The number of anilines is 1. The van der Waals surface area contributed by atoms with Gasteiger partial charge in [0.15, 0.2) is 0 Å². The van der Waals surface area contributed by atoms with E-state index < -0.39 is 22.3 Å². The maximum atomic E-state index is 13.3. The minimum atomic E-state index is -0.772. The van der Waals surface area contributed by atoms with Crippen LogP contribution in [0.15, 0.2) is 36.4 Å². The van der Waals surface area contributed by atoms with Gasteiger partial charge in [0.05, 0.1) is 9.95 Å². The third-order valence-corrected chi connectivity index (χ3v) is 3.12. The van der Waals surface area contributed by atoms with E-state index >= 15 is 0 Å². The Morgan fingerprint density at radius 3 is 2.52 bits per heavy atom. The van der Waals surface area contributed by atoms with E-state index in [2.05, 4.69) is 5.32 Å². The number of amides is 1. The molecule has 0 aliphatic heterocycles. The smallest absolute Gasteiger partial charge is 0.282 e. The summed E-state index contributed by atoms with van der Waals surface area (Å²) in [5, 5.41) is 13.3. The first-order valence-electron chi connectivity index (χ1n) is 5.59. The van der Waals surface area contributed by atoms with Crippen LogP contribution >= 0.6 is 23.2 Å². The van der Waals surface area contributed by atoms with Crippen molar-refractivity contribution in [3.05, 3.63) is 67.9 Å². The number of nitrogens with one attached hydrogen (secondary N) is 1. The first kappa shape index (κ1) is 15.2. The summed E-state index contributed by atoms with van der Waals surface area (Å²) in [4.78, 5) is 22.3. The van der Waals surface area contributed by atoms with Crippen LogP contribution in [0.1, 0.15) is 10.4 Å². The van der Waals surface area contributed by atoms with Crippen molar-refractivity contribution < 1.29 is 14.1 Å².